The van der Waals surface area contributed by atoms with Crippen LogP contribution in [0.1, 0.15) is 72.6 Å². The van der Waals surface area contributed by atoms with Crippen LogP contribution in [-0.4, -0.2) is 35.6 Å². The van der Waals surface area contributed by atoms with Gasteiger partial charge in [-0.05, 0) is 26.7 Å². The molecule has 19 heavy (non-hydrogen) atoms. The first-order valence-electron chi connectivity index (χ1n) is 7.81. The van der Waals surface area contributed by atoms with Gasteiger partial charge in [0.1, 0.15) is 0 Å². The lowest BCUT2D eigenvalue weighted by Gasteiger charge is -2.34. The summed E-state index contributed by atoms with van der Waals surface area (Å²) < 4.78 is 5.95. The van der Waals surface area contributed by atoms with Crippen molar-refractivity contribution in [2.75, 3.05) is 19.8 Å². The number of hydrogen-bond donors (Lipinski definition) is 2. The van der Waals surface area contributed by atoms with E-state index in [2.05, 4.69) is 20.8 Å². The van der Waals surface area contributed by atoms with E-state index in [-0.39, 0.29) is 18.8 Å². The van der Waals surface area contributed by atoms with E-state index in [1.807, 2.05) is 6.92 Å². The van der Waals surface area contributed by atoms with Crippen molar-refractivity contribution in [1.29, 1.82) is 0 Å². The Bertz CT molecular complexity index is 202. The molecule has 0 fully saturated rings. The van der Waals surface area contributed by atoms with Crippen LogP contribution in [0.5, 0.6) is 0 Å². The molecule has 0 heterocycles. The molecule has 0 spiro atoms. The first-order chi connectivity index (χ1) is 8.95. The molecule has 3 nitrogen and oxygen atoms in total. The highest BCUT2D eigenvalue weighted by Crippen LogP contribution is 2.26. The number of unbranched alkanes of at least 4 members (excludes halogenated alkanes) is 4. The highest BCUT2D eigenvalue weighted by Gasteiger charge is 2.30. The number of rotatable bonds is 12. The van der Waals surface area contributed by atoms with E-state index in [4.69, 9.17) is 4.74 Å². The number of aliphatic hydroxyl groups excluding tert-OH is 2. The third kappa shape index (κ3) is 7.91. The normalized spacial score (nSPS) is 12.9. The van der Waals surface area contributed by atoms with E-state index in [0.717, 1.165) is 12.8 Å². The quantitative estimate of drug-likeness (QED) is 0.535. The van der Waals surface area contributed by atoms with Gasteiger partial charge in [-0.3, -0.25) is 0 Å². The predicted molar refractivity (Wildman–Crippen MR) is 80.3 cm³/mol. The van der Waals surface area contributed by atoms with Crippen LogP contribution in [0.15, 0.2) is 0 Å². The molecule has 3 heteroatoms. The Kier molecular flexibility index (Phi) is 9.67. The summed E-state index contributed by atoms with van der Waals surface area (Å²) in [5.41, 5.74) is -0.656. The van der Waals surface area contributed by atoms with Crippen LogP contribution >= 0.6 is 0 Å². The third-order valence-electron chi connectivity index (χ3n) is 4.07. The Morgan fingerprint density at radius 2 is 1.47 bits per heavy atom. The van der Waals surface area contributed by atoms with E-state index >= 15 is 0 Å². The fraction of sp³-hybridized carbons (Fsp3) is 1.00. The van der Waals surface area contributed by atoms with Gasteiger partial charge in [-0.15, -0.1) is 0 Å². The minimum Gasteiger partial charge on any atom is -0.396 e. The van der Waals surface area contributed by atoms with Crippen molar-refractivity contribution in [3.05, 3.63) is 0 Å². The lowest BCUT2D eigenvalue weighted by molar-refractivity contribution is -0.0975. The minimum atomic E-state index is -0.487. The second-order valence-electron chi connectivity index (χ2n) is 6.38. The molecule has 2 N–H and O–H groups in total. The van der Waals surface area contributed by atoms with Crippen LogP contribution in [0.4, 0.5) is 0 Å². The standard InChI is InChI=1S/C16H34O3/c1-5-7-8-9-10-11-15(3,4)19-14-16(6-2,12-17)13-18/h17-18H,5-14H2,1-4H3. The smallest absolute Gasteiger partial charge is 0.0626 e. The SMILES string of the molecule is CCCCCCCC(C)(C)OCC(CC)(CO)CO. The zero-order valence-electron chi connectivity index (χ0n) is 13.4. The molecule has 0 amide bonds. The molecule has 0 radical (unpaired) electrons. The summed E-state index contributed by atoms with van der Waals surface area (Å²) in [6.45, 7) is 8.79. The van der Waals surface area contributed by atoms with Gasteiger partial charge in [-0.1, -0.05) is 46.0 Å². The second kappa shape index (κ2) is 9.73. The fourth-order valence-electron chi connectivity index (χ4n) is 2.04. The summed E-state index contributed by atoms with van der Waals surface area (Å²) in [6, 6.07) is 0. The Morgan fingerprint density at radius 3 is 1.95 bits per heavy atom. The summed E-state index contributed by atoms with van der Waals surface area (Å²) in [5, 5.41) is 18.8. The molecule has 0 saturated heterocycles. The Hall–Kier alpha value is -0.120. The van der Waals surface area contributed by atoms with Gasteiger partial charge in [0.2, 0.25) is 0 Å². The zero-order valence-corrected chi connectivity index (χ0v) is 13.4. The molecule has 0 aliphatic rings. The molecule has 0 rings (SSSR count). The molecule has 0 aromatic carbocycles. The average molecular weight is 274 g/mol. The maximum Gasteiger partial charge on any atom is 0.0626 e. The van der Waals surface area contributed by atoms with Crippen molar-refractivity contribution in [2.45, 2.75) is 78.2 Å². The molecular formula is C16H34O3. The van der Waals surface area contributed by atoms with Crippen molar-refractivity contribution in [3.63, 3.8) is 0 Å². The molecule has 0 saturated carbocycles. The van der Waals surface area contributed by atoms with E-state index in [0.29, 0.717) is 6.61 Å². The molecule has 0 aliphatic carbocycles. The lowest BCUT2D eigenvalue weighted by Crippen LogP contribution is -2.38. The first kappa shape index (κ1) is 18.9. The van der Waals surface area contributed by atoms with Crippen LogP contribution in [0.2, 0.25) is 0 Å². The van der Waals surface area contributed by atoms with Gasteiger partial charge in [0, 0.05) is 5.41 Å². The Morgan fingerprint density at radius 1 is 0.895 bits per heavy atom. The van der Waals surface area contributed by atoms with Gasteiger partial charge >= 0.3 is 0 Å². The number of ether oxygens (including phenoxy) is 1. The molecule has 0 bridgehead atoms. The van der Waals surface area contributed by atoms with Crippen LogP contribution in [-0.2, 0) is 4.74 Å². The van der Waals surface area contributed by atoms with Gasteiger partial charge in [0.05, 0.1) is 25.4 Å². The van der Waals surface area contributed by atoms with E-state index < -0.39 is 5.41 Å². The maximum atomic E-state index is 9.41. The minimum absolute atomic E-state index is 0.0212. The molecule has 0 aliphatic heterocycles. The predicted octanol–water partition coefficient (Wildman–Crippen LogP) is 3.52. The van der Waals surface area contributed by atoms with Crippen molar-refractivity contribution in [2.24, 2.45) is 5.41 Å². The van der Waals surface area contributed by atoms with Gasteiger partial charge < -0.3 is 14.9 Å². The summed E-state index contributed by atoms with van der Waals surface area (Å²) in [6.07, 6.45) is 8.10. The third-order valence-corrected chi connectivity index (χ3v) is 4.07. The highest BCUT2D eigenvalue weighted by atomic mass is 16.5. The fourth-order valence-corrected chi connectivity index (χ4v) is 2.04. The summed E-state index contributed by atoms with van der Waals surface area (Å²) in [4.78, 5) is 0. The summed E-state index contributed by atoms with van der Waals surface area (Å²) in [5.74, 6) is 0. The monoisotopic (exact) mass is 274 g/mol. The van der Waals surface area contributed by atoms with E-state index in [1.54, 1.807) is 0 Å². The van der Waals surface area contributed by atoms with Crippen molar-refractivity contribution >= 4 is 0 Å². The molecule has 0 unspecified atom stereocenters. The Labute approximate surface area is 119 Å². The topological polar surface area (TPSA) is 49.7 Å². The lowest BCUT2D eigenvalue weighted by atomic mass is 9.87. The maximum absolute atomic E-state index is 9.41. The molecule has 116 valence electrons. The Balaban J connectivity index is 4.00. The van der Waals surface area contributed by atoms with Crippen LogP contribution in [0.3, 0.4) is 0 Å². The molecule has 0 aromatic rings. The van der Waals surface area contributed by atoms with Crippen molar-refractivity contribution < 1.29 is 14.9 Å². The number of aliphatic hydroxyl groups is 2. The second-order valence-corrected chi connectivity index (χ2v) is 6.38. The largest absolute Gasteiger partial charge is 0.396 e. The molecule has 0 aromatic heterocycles. The van der Waals surface area contributed by atoms with Crippen LogP contribution in [0, 0.1) is 5.41 Å². The highest BCUT2D eigenvalue weighted by molar-refractivity contribution is 4.78. The van der Waals surface area contributed by atoms with Crippen LogP contribution < -0.4 is 0 Å². The first-order valence-corrected chi connectivity index (χ1v) is 7.81. The molecular weight excluding hydrogens is 240 g/mol. The molecule has 0 atom stereocenters. The average Bonchev–Trinajstić information content (AvgIpc) is 2.41. The van der Waals surface area contributed by atoms with E-state index in [9.17, 15) is 10.2 Å². The summed E-state index contributed by atoms with van der Waals surface area (Å²) >= 11 is 0. The van der Waals surface area contributed by atoms with Crippen molar-refractivity contribution in [1.82, 2.24) is 0 Å². The van der Waals surface area contributed by atoms with E-state index in [1.165, 1.54) is 32.1 Å². The summed E-state index contributed by atoms with van der Waals surface area (Å²) in [7, 11) is 0. The number of hydrogen-bond acceptors (Lipinski definition) is 3. The van der Waals surface area contributed by atoms with Gasteiger partial charge in [0.25, 0.3) is 0 Å². The van der Waals surface area contributed by atoms with Gasteiger partial charge in [0.15, 0.2) is 0 Å². The van der Waals surface area contributed by atoms with Gasteiger partial charge in [-0.2, -0.15) is 0 Å². The van der Waals surface area contributed by atoms with Crippen LogP contribution in [0.25, 0.3) is 0 Å². The zero-order chi connectivity index (χ0) is 14.8. The van der Waals surface area contributed by atoms with Crippen molar-refractivity contribution in [3.8, 4) is 0 Å². The van der Waals surface area contributed by atoms with Gasteiger partial charge in [-0.25, -0.2) is 0 Å².